The van der Waals surface area contributed by atoms with Crippen molar-refractivity contribution in [3.05, 3.63) is 65.7 Å². The van der Waals surface area contributed by atoms with Gasteiger partial charge in [-0.25, -0.2) is 0 Å². The summed E-state index contributed by atoms with van der Waals surface area (Å²) < 4.78 is 6.11. The molecule has 0 aromatic heterocycles. The molecule has 154 valence electrons. The van der Waals surface area contributed by atoms with Gasteiger partial charge in [-0.15, -0.1) is 0 Å². The number of nitrogens with zero attached hydrogens (tertiary/aromatic N) is 1. The van der Waals surface area contributed by atoms with E-state index in [-0.39, 0.29) is 17.6 Å². The van der Waals surface area contributed by atoms with Gasteiger partial charge in [-0.3, -0.25) is 9.79 Å². The molecule has 1 aliphatic heterocycles. The second kappa shape index (κ2) is 9.45. The summed E-state index contributed by atoms with van der Waals surface area (Å²) in [7, 11) is 0. The third-order valence-electron chi connectivity index (χ3n) is 4.73. The highest BCUT2D eigenvalue weighted by atomic mass is 16.5. The molecular formula is C23H30N4O2. The Morgan fingerprint density at radius 3 is 2.59 bits per heavy atom. The first-order valence-corrected chi connectivity index (χ1v) is 10.1. The van der Waals surface area contributed by atoms with Crippen molar-refractivity contribution >= 4 is 11.9 Å². The molecule has 29 heavy (non-hydrogen) atoms. The Hall–Kier alpha value is -3.02. The Kier molecular flexibility index (Phi) is 6.75. The number of carbonyl (C=O) groups excluding carboxylic acids is 1. The first-order chi connectivity index (χ1) is 14.0. The number of hydrogen-bond donors (Lipinski definition) is 3. The van der Waals surface area contributed by atoms with E-state index in [4.69, 9.17) is 4.74 Å². The third-order valence-corrected chi connectivity index (χ3v) is 4.73. The van der Waals surface area contributed by atoms with E-state index >= 15 is 0 Å². The maximum atomic E-state index is 12.1. The summed E-state index contributed by atoms with van der Waals surface area (Å²) in [5.41, 5.74) is 1.53. The number of carbonyl (C=O) groups is 1. The normalized spacial score (nSPS) is 17.6. The lowest BCUT2D eigenvalue weighted by atomic mass is 9.90. The van der Waals surface area contributed by atoms with Crippen LogP contribution in [0.25, 0.3) is 0 Å². The number of ether oxygens (including phenoxy) is 1. The summed E-state index contributed by atoms with van der Waals surface area (Å²) in [4.78, 5) is 16.8. The van der Waals surface area contributed by atoms with Crippen LogP contribution >= 0.6 is 0 Å². The van der Waals surface area contributed by atoms with Crippen molar-refractivity contribution in [2.75, 3.05) is 19.6 Å². The fourth-order valence-corrected chi connectivity index (χ4v) is 3.44. The number of guanidine groups is 1. The number of fused-ring (bicyclic) bond motifs is 1. The van der Waals surface area contributed by atoms with Gasteiger partial charge in [0.2, 0.25) is 0 Å². The molecule has 1 aliphatic rings. The van der Waals surface area contributed by atoms with Crippen molar-refractivity contribution in [3.63, 3.8) is 0 Å². The van der Waals surface area contributed by atoms with Gasteiger partial charge in [-0.2, -0.15) is 0 Å². The number of aliphatic imine (C=N–C) groups is 1. The van der Waals surface area contributed by atoms with Gasteiger partial charge in [0, 0.05) is 30.6 Å². The molecule has 0 saturated heterocycles. The molecule has 0 radical (unpaired) electrons. The van der Waals surface area contributed by atoms with Gasteiger partial charge in [0.15, 0.2) is 5.96 Å². The lowest BCUT2D eigenvalue weighted by Crippen LogP contribution is -2.45. The maximum absolute atomic E-state index is 12.1. The van der Waals surface area contributed by atoms with E-state index in [1.54, 1.807) is 12.1 Å². The van der Waals surface area contributed by atoms with Crippen molar-refractivity contribution in [3.8, 4) is 5.75 Å². The minimum atomic E-state index is -0.257. The lowest BCUT2D eigenvalue weighted by Gasteiger charge is -2.38. The molecule has 1 atom stereocenters. The number of hydrogen-bond acceptors (Lipinski definition) is 3. The predicted molar refractivity (Wildman–Crippen MR) is 116 cm³/mol. The Morgan fingerprint density at radius 1 is 1.10 bits per heavy atom. The van der Waals surface area contributed by atoms with E-state index in [0.717, 1.165) is 30.2 Å². The molecule has 3 rings (SSSR count). The van der Waals surface area contributed by atoms with E-state index in [2.05, 4.69) is 40.9 Å². The van der Waals surface area contributed by atoms with Crippen LogP contribution in [-0.4, -0.2) is 37.1 Å². The predicted octanol–water partition coefficient (Wildman–Crippen LogP) is 3.27. The summed E-state index contributed by atoms with van der Waals surface area (Å²) >= 11 is 0. The van der Waals surface area contributed by atoms with Crippen LogP contribution in [0.2, 0.25) is 0 Å². The highest BCUT2D eigenvalue weighted by Crippen LogP contribution is 2.39. The summed E-state index contributed by atoms with van der Waals surface area (Å²) in [6, 6.07) is 17.4. The van der Waals surface area contributed by atoms with Crippen molar-refractivity contribution in [2.45, 2.75) is 38.8 Å². The van der Waals surface area contributed by atoms with Crippen LogP contribution in [0.15, 0.2) is 59.6 Å². The second-order valence-electron chi connectivity index (χ2n) is 7.68. The molecule has 1 heterocycles. The van der Waals surface area contributed by atoms with Crippen LogP contribution in [0.5, 0.6) is 5.75 Å². The minimum absolute atomic E-state index is 0.0844. The summed E-state index contributed by atoms with van der Waals surface area (Å²) in [5, 5.41) is 9.74. The average molecular weight is 395 g/mol. The van der Waals surface area contributed by atoms with Gasteiger partial charge in [-0.1, -0.05) is 36.4 Å². The first-order valence-electron chi connectivity index (χ1n) is 10.1. The zero-order valence-electron chi connectivity index (χ0n) is 17.4. The number of para-hydroxylation sites is 1. The van der Waals surface area contributed by atoms with Gasteiger partial charge in [-0.05, 0) is 39.0 Å². The SMILES string of the molecule is CCNC(=NCCNC(=O)c1ccccc1)NC1CC(C)(C)Oc2ccccc21. The minimum Gasteiger partial charge on any atom is -0.487 e. The monoisotopic (exact) mass is 394 g/mol. The fourth-order valence-electron chi connectivity index (χ4n) is 3.44. The molecule has 6 heteroatoms. The quantitative estimate of drug-likeness (QED) is 0.399. The van der Waals surface area contributed by atoms with Gasteiger partial charge in [0.05, 0.1) is 12.6 Å². The van der Waals surface area contributed by atoms with Crippen LogP contribution < -0.4 is 20.7 Å². The molecule has 0 bridgehead atoms. The highest BCUT2D eigenvalue weighted by Gasteiger charge is 2.33. The van der Waals surface area contributed by atoms with E-state index in [1.165, 1.54) is 0 Å². The third kappa shape index (κ3) is 5.73. The summed E-state index contributed by atoms with van der Waals surface area (Å²) in [6.07, 6.45) is 0.833. The molecule has 2 aromatic carbocycles. The van der Waals surface area contributed by atoms with Gasteiger partial charge >= 0.3 is 0 Å². The molecule has 1 unspecified atom stereocenters. The molecular weight excluding hydrogens is 364 g/mol. The number of benzene rings is 2. The topological polar surface area (TPSA) is 74.8 Å². The molecule has 0 saturated carbocycles. The zero-order valence-corrected chi connectivity index (χ0v) is 17.4. The van der Waals surface area contributed by atoms with Gasteiger partial charge in [0.25, 0.3) is 5.91 Å². The summed E-state index contributed by atoms with van der Waals surface area (Å²) in [5.74, 6) is 1.56. The molecule has 2 aromatic rings. The number of nitrogens with one attached hydrogen (secondary N) is 3. The number of amides is 1. The Labute approximate surface area is 172 Å². The zero-order chi connectivity index (χ0) is 20.7. The van der Waals surface area contributed by atoms with E-state index in [0.29, 0.717) is 18.7 Å². The molecule has 3 N–H and O–H groups in total. The van der Waals surface area contributed by atoms with Gasteiger partial charge < -0.3 is 20.7 Å². The van der Waals surface area contributed by atoms with Gasteiger partial charge in [0.1, 0.15) is 11.4 Å². The van der Waals surface area contributed by atoms with E-state index in [1.807, 2.05) is 43.3 Å². The maximum Gasteiger partial charge on any atom is 0.251 e. The van der Waals surface area contributed by atoms with Crippen LogP contribution in [0, 0.1) is 0 Å². The Bertz CT molecular complexity index is 849. The van der Waals surface area contributed by atoms with Crippen LogP contribution in [0.1, 0.15) is 49.2 Å². The first kappa shape index (κ1) is 20.7. The van der Waals surface area contributed by atoms with Crippen molar-refractivity contribution in [1.29, 1.82) is 0 Å². The summed E-state index contributed by atoms with van der Waals surface area (Å²) in [6.45, 7) is 7.95. The number of rotatable bonds is 6. The van der Waals surface area contributed by atoms with E-state index in [9.17, 15) is 4.79 Å². The smallest absolute Gasteiger partial charge is 0.251 e. The van der Waals surface area contributed by atoms with E-state index < -0.39 is 0 Å². The molecule has 1 amide bonds. The van der Waals surface area contributed by atoms with Crippen molar-refractivity contribution in [1.82, 2.24) is 16.0 Å². The molecule has 0 spiro atoms. The van der Waals surface area contributed by atoms with Crippen LogP contribution in [0.3, 0.4) is 0 Å². The fraction of sp³-hybridized carbons (Fsp3) is 0.391. The molecule has 6 nitrogen and oxygen atoms in total. The van der Waals surface area contributed by atoms with Crippen molar-refractivity contribution < 1.29 is 9.53 Å². The van der Waals surface area contributed by atoms with Crippen LogP contribution in [0.4, 0.5) is 0 Å². The average Bonchev–Trinajstić information content (AvgIpc) is 2.71. The Balaban J connectivity index is 1.61. The standard InChI is InChI=1S/C23H30N4O2/c1-4-24-22(26-15-14-25-21(28)17-10-6-5-7-11-17)27-19-16-23(2,3)29-20-13-9-8-12-18(19)20/h5-13,19H,4,14-16H2,1-3H3,(H,25,28)(H2,24,26,27). The Morgan fingerprint density at radius 2 is 1.83 bits per heavy atom. The molecule has 0 aliphatic carbocycles. The largest absolute Gasteiger partial charge is 0.487 e. The second-order valence-corrected chi connectivity index (χ2v) is 7.68. The molecule has 0 fully saturated rings. The van der Waals surface area contributed by atoms with Crippen LogP contribution in [-0.2, 0) is 0 Å². The van der Waals surface area contributed by atoms with Crippen molar-refractivity contribution in [2.24, 2.45) is 4.99 Å². The lowest BCUT2D eigenvalue weighted by molar-refractivity contribution is 0.0694. The highest BCUT2D eigenvalue weighted by molar-refractivity contribution is 5.94.